The number of nitrogens with one attached hydrogen (secondary N) is 2. The monoisotopic (exact) mass is 266 g/mol. The van der Waals surface area contributed by atoms with Gasteiger partial charge in [0.25, 0.3) is 5.56 Å². The van der Waals surface area contributed by atoms with Crippen LogP contribution in [-0.4, -0.2) is 17.1 Å². The lowest BCUT2D eigenvalue weighted by molar-refractivity contribution is 0.408. The zero-order valence-corrected chi connectivity index (χ0v) is 10.3. The van der Waals surface area contributed by atoms with Crippen LogP contribution in [0.4, 0.5) is 17.2 Å². The number of hydrogen-bond acceptors (Lipinski definition) is 5. The molecule has 1 aromatic heterocycles. The maximum Gasteiger partial charge on any atom is 0.295 e. The van der Waals surface area contributed by atoms with Gasteiger partial charge in [0.15, 0.2) is 5.82 Å². The van der Waals surface area contributed by atoms with Crippen molar-refractivity contribution in [2.75, 3.05) is 18.2 Å². The van der Waals surface area contributed by atoms with Crippen molar-refractivity contribution < 1.29 is 4.74 Å². The summed E-state index contributed by atoms with van der Waals surface area (Å²) in [4.78, 5) is 17.9. The second-order valence-corrected chi connectivity index (χ2v) is 3.88. The van der Waals surface area contributed by atoms with Crippen molar-refractivity contribution in [2.45, 2.75) is 0 Å². The van der Waals surface area contributed by atoms with Crippen LogP contribution in [0.3, 0.4) is 0 Å². The van der Waals surface area contributed by atoms with Gasteiger partial charge in [-0.2, -0.15) is 0 Å². The highest BCUT2D eigenvalue weighted by atomic mass is 35.5. The molecule has 0 spiro atoms. The van der Waals surface area contributed by atoms with Gasteiger partial charge in [0, 0.05) is 5.69 Å². The fraction of sp³-hybridized carbons (Fsp3) is 0.0909. The molecule has 0 amide bonds. The zero-order chi connectivity index (χ0) is 13.1. The first kappa shape index (κ1) is 12.3. The number of rotatable bonds is 3. The number of benzene rings is 1. The SMILES string of the molecule is COc1c(Nc2cc(N)ccc2Cl)nc[nH]c1=O. The lowest BCUT2D eigenvalue weighted by Crippen LogP contribution is -2.12. The van der Waals surface area contributed by atoms with Crippen LogP contribution in [0.2, 0.25) is 5.02 Å². The molecule has 2 aromatic rings. The molecular weight excluding hydrogens is 256 g/mol. The standard InChI is InChI=1S/C11H11ClN4O2/c1-18-9-10(14-5-15-11(9)17)16-8-4-6(13)2-3-7(8)12/h2-5H,13H2,1H3,(H2,14,15,16,17). The minimum absolute atomic E-state index is 0.0796. The number of ether oxygens (including phenoxy) is 1. The van der Waals surface area contributed by atoms with Gasteiger partial charge < -0.3 is 20.8 Å². The molecule has 0 aliphatic heterocycles. The van der Waals surface area contributed by atoms with Gasteiger partial charge in [-0.1, -0.05) is 11.6 Å². The molecule has 0 aliphatic rings. The summed E-state index contributed by atoms with van der Waals surface area (Å²) in [5.41, 5.74) is 6.38. The Morgan fingerprint density at radius 3 is 3.00 bits per heavy atom. The molecule has 0 radical (unpaired) electrons. The van der Waals surface area contributed by atoms with Gasteiger partial charge in [0.1, 0.15) is 0 Å². The molecule has 6 nitrogen and oxygen atoms in total. The minimum Gasteiger partial charge on any atom is -0.489 e. The lowest BCUT2D eigenvalue weighted by Gasteiger charge is -2.10. The van der Waals surface area contributed by atoms with Crippen molar-refractivity contribution in [1.82, 2.24) is 9.97 Å². The Labute approximate surface area is 108 Å². The molecule has 94 valence electrons. The topological polar surface area (TPSA) is 93.0 Å². The van der Waals surface area contributed by atoms with Crippen molar-refractivity contribution in [1.29, 1.82) is 0 Å². The highest BCUT2D eigenvalue weighted by Crippen LogP contribution is 2.28. The molecule has 0 fully saturated rings. The Kier molecular flexibility index (Phi) is 3.38. The summed E-state index contributed by atoms with van der Waals surface area (Å²) >= 11 is 6.01. The Morgan fingerprint density at radius 1 is 1.50 bits per heavy atom. The number of aromatic amines is 1. The summed E-state index contributed by atoms with van der Waals surface area (Å²) in [6.07, 6.45) is 1.27. The number of nitrogens with two attached hydrogens (primary N) is 1. The van der Waals surface area contributed by atoms with E-state index in [-0.39, 0.29) is 17.1 Å². The highest BCUT2D eigenvalue weighted by molar-refractivity contribution is 6.33. The van der Waals surface area contributed by atoms with Gasteiger partial charge in [-0.3, -0.25) is 4.79 Å². The van der Waals surface area contributed by atoms with Gasteiger partial charge in [-0.25, -0.2) is 4.98 Å². The molecule has 0 aliphatic carbocycles. The van der Waals surface area contributed by atoms with Gasteiger partial charge in [-0.05, 0) is 18.2 Å². The Balaban J connectivity index is 2.43. The molecule has 2 rings (SSSR count). The summed E-state index contributed by atoms with van der Waals surface area (Å²) in [7, 11) is 1.39. The normalized spacial score (nSPS) is 10.1. The molecule has 0 saturated heterocycles. The molecule has 1 aromatic carbocycles. The predicted octanol–water partition coefficient (Wildman–Crippen LogP) is 1.76. The molecule has 7 heteroatoms. The molecule has 0 unspecified atom stereocenters. The summed E-state index contributed by atoms with van der Waals surface area (Å²) in [5, 5.41) is 3.37. The van der Waals surface area contributed by atoms with Crippen molar-refractivity contribution in [3.05, 3.63) is 39.9 Å². The van der Waals surface area contributed by atoms with Crippen LogP contribution in [0.1, 0.15) is 0 Å². The van der Waals surface area contributed by atoms with Gasteiger partial charge >= 0.3 is 0 Å². The number of nitrogens with zero attached hydrogens (tertiary/aromatic N) is 1. The maximum atomic E-state index is 11.5. The second kappa shape index (κ2) is 4.97. The molecule has 0 atom stereocenters. The first-order valence-electron chi connectivity index (χ1n) is 5.05. The maximum absolute atomic E-state index is 11.5. The van der Waals surface area contributed by atoms with E-state index in [2.05, 4.69) is 15.3 Å². The van der Waals surface area contributed by atoms with Crippen molar-refractivity contribution in [3.8, 4) is 5.75 Å². The largest absolute Gasteiger partial charge is 0.489 e. The Bertz CT molecular complexity index is 627. The summed E-state index contributed by atoms with van der Waals surface area (Å²) in [6.45, 7) is 0. The highest BCUT2D eigenvalue weighted by Gasteiger charge is 2.10. The van der Waals surface area contributed by atoms with E-state index in [4.69, 9.17) is 22.1 Å². The van der Waals surface area contributed by atoms with Crippen LogP contribution >= 0.6 is 11.6 Å². The average Bonchev–Trinajstić information content (AvgIpc) is 2.34. The van der Waals surface area contributed by atoms with E-state index in [0.717, 1.165) is 0 Å². The van der Waals surface area contributed by atoms with E-state index in [9.17, 15) is 4.79 Å². The van der Waals surface area contributed by atoms with Crippen LogP contribution in [0.5, 0.6) is 5.75 Å². The lowest BCUT2D eigenvalue weighted by atomic mass is 10.3. The van der Waals surface area contributed by atoms with Crippen molar-refractivity contribution >= 4 is 28.8 Å². The number of aromatic nitrogens is 2. The Morgan fingerprint density at radius 2 is 2.28 bits per heavy atom. The number of methoxy groups -OCH3 is 1. The molecule has 0 bridgehead atoms. The predicted molar refractivity (Wildman–Crippen MR) is 70.6 cm³/mol. The van der Waals surface area contributed by atoms with Crippen LogP contribution in [0.15, 0.2) is 29.3 Å². The van der Waals surface area contributed by atoms with Crippen LogP contribution in [-0.2, 0) is 0 Å². The first-order chi connectivity index (χ1) is 8.61. The summed E-state index contributed by atoms with van der Waals surface area (Å²) in [6, 6.07) is 4.97. The van der Waals surface area contributed by atoms with E-state index < -0.39 is 0 Å². The minimum atomic E-state index is -0.380. The van der Waals surface area contributed by atoms with E-state index >= 15 is 0 Å². The van der Waals surface area contributed by atoms with Crippen LogP contribution in [0, 0.1) is 0 Å². The average molecular weight is 267 g/mol. The first-order valence-corrected chi connectivity index (χ1v) is 5.43. The molecular formula is C11H11ClN4O2. The van der Waals surface area contributed by atoms with E-state index in [1.165, 1.54) is 13.4 Å². The molecule has 18 heavy (non-hydrogen) atoms. The number of hydrogen-bond donors (Lipinski definition) is 3. The molecule has 1 heterocycles. The smallest absolute Gasteiger partial charge is 0.295 e. The third-order valence-corrected chi connectivity index (χ3v) is 2.59. The summed E-state index contributed by atoms with van der Waals surface area (Å²) in [5.74, 6) is 0.352. The zero-order valence-electron chi connectivity index (χ0n) is 9.53. The van der Waals surface area contributed by atoms with Gasteiger partial charge in [-0.15, -0.1) is 0 Å². The van der Waals surface area contributed by atoms with E-state index in [1.807, 2.05) is 0 Å². The second-order valence-electron chi connectivity index (χ2n) is 3.48. The number of nitrogen functional groups attached to an aromatic ring is 1. The molecule has 0 saturated carbocycles. The Hall–Kier alpha value is -2.21. The van der Waals surface area contributed by atoms with Crippen molar-refractivity contribution in [3.63, 3.8) is 0 Å². The quantitative estimate of drug-likeness (QED) is 0.736. The van der Waals surface area contributed by atoms with E-state index in [1.54, 1.807) is 18.2 Å². The fourth-order valence-corrected chi connectivity index (χ4v) is 1.60. The number of halogens is 1. The fourth-order valence-electron chi connectivity index (χ4n) is 1.43. The van der Waals surface area contributed by atoms with Gasteiger partial charge in [0.2, 0.25) is 5.75 Å². The van der Waals surface area contributed by atoms with Crippen LogP contribution in [0.25, 0.3) is 0 Å². The van der Waals surface area contributed by atoms with Crippen LogP contribution < -0.4 is 21.3 Å². The van der Waals surface area contributed by atoms with E-state index in [0.29, 0.717) is 16.4 Å². The molecule has 4 N–H and O–H groups in total. The third kappa shape index (κ3) is 2.38. The third-order valence-electron chi connectivity index (χ3n) is 2.26. The summed E-state index contributed by atoms with van der Waals surface area (Å²) < 4.78 is 4.98. The van der Waals surface area contributed by atoms with Crippen molar-refractivity contribution in [2.24, 2.45) is 0 Å². The number of anilines is 3. The number of H-pyrrole nitrogens is 1. The van der Waals surface area contributed by atoms with Gasteiger partial charge in [0.05, 0.1) is 24.1 Å².